The molecular formula is C30H34N11O7PS2. The number of guanidine groups is 2. The zero-order chi connectivity index (χ0) is 37.0. The number of nitriles is 2. The number of nitrogens with zero attached hydrogens (tertiary/aromatic N) is 4. The predicted octanol–water partition coefficient (Wildman–Crippen LogP) is 2.83. The van der Waals surface area contributed by atoms with Crippen molar-refractivity contribution in [1.29, 1.82) is 21.3 Å². The molecule has 51 heavy (non-hydrogen) atoms. The molecule has 21 heteroatoms. The fourth-order valence-corrected chi connectivity index (χ4v) is 9.09. The SMILES string of the molecule is Cc1c(S(=O)(=O)NCP(=O)(Oc2ccc(C#N)nc2)Oc2ccc(C#N)nc2)sc2cc(OCCCNC(=N)N)c(OCCCNC(=N)N)cc12. The molecular weight excluding hydrogens is 722 g/mol. The second kappa shape index (κ2) is 17.3. The highest BCUT2D eigenvalue weighted by atomic mass is 32.2. The van der Waals surface area contributed by atoms with Crippen molar-refractivity contribution < 1.29 is 31.5 Å². The molecule has 18 nitrogen and oxygen atoms in total. The Balaban J connectivity index is 1.59. The molecule has 0 atom stereocenters. The van der Waals surface area contributed by atoms with E-state index >= 15 is 0 Å². The summed E-state index contributed by atoms with van der Waals surface area (Å²) in [5.74, 6) is 0.295. The third-order valence-corrected chi connectivity index (χ3v) is 11.6. The Hall–Kier alpha value is -5.66. The van der Waals surface area contributed by atoms with Gasteiger partial charge in [-0.15, -0.1) is 11.3 Å². The van der Waals surface area contributed by atoms with Crippen LogP contribution >= 0.6 is 18.9 Å². The Labute approximate surface area is 297 Å². The zero-order valence-corrected chi connectivity index (χ0v) is 29.7. The van der Waals surface area contributed by atoms with Crippen molar-refractivity contribution in [3.05, 3.63) is 65.7 Å². The van der Waals surface area contributed by atoms with E-state index in [-0.39, 0.29) is 52.2 Å². The van der Waals surface area contributed by atoms with Crippen molar-refractivity contribution in [2.75, 3.05) is 32.6 Å². The van der Waals surface area contributed by atoms with Gasteiger partial charge in [0, 0.05) is 29.2 Å². The lowest BCUT2D eigenvalue weighted by atomic mass is 10.2. The van der Waals surface area contributed by atoms with E-state index in [0.717, 1.165) is 23.7 Å². The molecule has 0 aliphatic carbocycles. The Morgan fingerprint density at radius 1 is 0.902 bits per heavy atom. The summed E-state index contributed by atoms with van der Waals surface area (Å²) in [6.45, 7) is 2.90. The molecule has 0 radical (unpaired) electrons. The van der Waals surface area contributed by atoms with Crippen LogP contribution < -0.4 is 45.3 Å². The third kappa shape index (κ3) is 10.9. The molecule has 0 aliphatic rings. The van der Waals surface area contributed by atoms with E-state index in [1.165, 1.54) is 24.3 Å². The summed E-state index contributed by atoms with van der Waals surface area (Å²) < 4.78 is 67.5. The predicted molar refractivity (Wildman–Crippen MR) is 189 cm³/mol. The van der Waals surface area contributed by atoms with E-state index in [0.29, 0.717) is 53.1 Å². The maximum Gasteiger partial charge on any atom is 0.445 e. The van der Waals surface area contributed by atoms with Gasteiger partial charge in [-0.05, 0) is 55.7 Å². The van der Waals surface area contributed by atoms with E-state index in [1.807, 2.05) is 12.1 Å². The maximum atomic E-state index is 14.0. The van der Waals surface area contributed by atoms with Crippen molar-refractivity contribution in [2.45, 2.75) is 24.0 Å². The van der Waals surface area contributed by atoms with Gasteiger partial charge in [0.15, 0.2) is 23.4 Å². The molecule has 9 N–H and O–H groups in total. The topological polar surface area (TPSA) is 297 Å². The Bertz CT molecular complexity index is 2050. The first kappa shape index (κ1) is 38.1. The molecule has 0 spiro atoms. The van der Waals surface area contributed by atoms with E-state index in [9.17, 15) is 13.0 Å². The van der Waals surface area contributed by atoms with Crippen LogP contribution in [0.3, 0.4) is 0 Å². The highest BCUT2D eigenvalue weighted by molar-refractivity contribution is 7.92. The molecule has 0 amide bonds. The summed E-state index contributed by atoms with van der Waals surface area (Å²) in [7, 11) is -8.69. The number of hydrogen-bond donors (Lipinski definition) is 7. The molecule has 3 heterocycles. The van der Waals surface area contributed by atoms with Gasteiger partial charge < -0.3 is 40.6 Å². The number of benzene rings is 1. The van der Waals surface area contributed by atoms with E-state index in [1.54, 1.807) is 19.1 Å². The first-order valence-corrected chi connectivity index (χ1v) is 19.0. The monoisotopic (exact) mass is 755 g/mol. The first-order chi connectivity index (χ1) is 24.3. The lowest BCUT2D eigenvalue weighted by Crippen LogP contribution is -2.31. The van der Waals surface area contributed by atoms with Crippen molar-refractivity contribution in [3.8, 4) is 35.1 Å². The number of hydrogen-bond acceptors (Lipinski definition) is 14. The minimum Gasteiger partial charge on any atom is -0.490 e. The molecule has 268 valence electrons. The molecule has 0 saturated carbocycles. The smallest absolute Gasteiger partial charge is 0.445 e. The second-order valence-corrected chi connectivity index (χ2v) is 15.4. The van der Waals surface area contributed by atoms with Crippen molar-refractivity contribution in [2.24, 2.45) is 11.5 Å². The molecule has 3 aromatic heterocycles. The van der Waals surface area contributed by atoms with Crippen LogP contribution in [0, 0.1) is 40.4 Å². The minimum atomic E-state index is -4.37. The Kier molecular flexibility index (Phi) is 13.0. The molecule has 1 aromatic carbocycles. The first-order valence-electron chi connectivity index (χ1n) is 15.0. The van der Waals surface area contributed by atoms with Crippen LogP contribution in [0.2, 0.25) is 0 Å². The van der Waals surface area contributed by atoms with Gasteiger partial charge in [0.1, 0.15) is 45.5 Å². The van der Waals surface area contributed by atoms with Crippen LogP contribution in [-0.2, 0) is 14.6 Å². The minimum absolute atomic E-state index is 0.0506. The molecule has 4 aromatic rings. The molecule has 0 unspecified atom stereocenters. The number of fused-ring (bicyclic) bond motifs is 1. The van der Waals surface area contributed by atoms with Crippen molar-refractivity contribution in [1.82, 2.24) is 25.3 Å². The Morgan fingerprint density at radius 3 is 1.86 bits per heavy atom. The normalized spacial score (nSPS) is 11.2. The van der Waals surface area contributed by atoms with Gasteiger partial charge in [-0.2, -0.15) is 15.2 Å². The van der Waals surface area contributed by atoms with Crippen LogP contribution in [0.1, 0.15) is 29.8 Å². The number of thiophene rings is 1. The van der Waals surface area contributed by atoms with Gasteiger partial charge >= 0.3 is 7.60 Å². The van der Waals surface area contributed by atoms with Crippen LogP contribution in [0.15, 0.2) is 53.0 Å². The van der Waals surface area contributed by atoms with E-state index in [4.69, 9.17) is 51.3 Å². The van der Waals surface area contributed by atoms with Gasteiger partial charge in [0.2, 0.25) is 0 Å². The Morgan fingerprint density at radius 2 is 1.41 bits per heavy atom. The van der Waals surface area contributed by atoms with Gasteiger partial charge in [-0.25, -0.2) is 23.0 Å². The number of aromatic nitrogens is 2. The molecule has 0 aliphatic heterocycles. The van der Waals surface area contributed by atoms with E-state index < -0.39 is 23.9 Å². The van der Waals surface area contributed by atoms with Crippen LogP contribution in [0.25, 0.3) is 10.1 Å². The standard InChI is InChI=1S/C30H34N11O7PS2/c1-19-24-12-25(45-10-2-8-37-29(33)34)26(46-11-3-9-38-30(35)36)13-27(24)50-28(19)51(43,44)41-18-49(42,47-22-6-4-20(14-31)39-16-22)48-23-7-5-21(15-32)40-17-23/h4-7,12-13,16-17,41H,2-3,8-11,18H2,1H3,(H4,33,34,37)(H4,35,36,38). The third-order valence-electron chi connectivity index (χ3n) is 6.63. The average molecular weight is 756 g/mol. The number of sulfonamides is 1. The number of ether oxygens (including phenoxy) is 2. The van der Waals surface area contributed by atoms with Crippen LogP contribution in [0.5, 0.6) is 23.0 Å². The summed E-state index contributed by atoms with van der Waals surface area (Å²) >= 11 is 0.960. The zero-order valence-electron chi connectivity index (χ0n) is 27.1. The fraction of sp³-hybridized carbons (Fsp3) is 0.267. The number of nitrogens with one attached hydrogen (secondary N) is 5. The van der Waals surface area contributed by atoms with Gasteiger partial charge in [0.25, 0.3) is 10.0 Å². The van der Waals surface area contributed by atoms with Crippen LogP contribution in [0.4, 0.5) is 0 Å². The van der Waals surface area contributed by atoms with Crippen molar-refractivity contribution in [3.63, 3.8) is 0 Å². The average Bonchev–Trinajstić information content (AvgIpc) is 3.43. The van der Waals surface area contributed by atoms with Crippen LogP contribution in [-0.4, -0.2) is 62.9 Å². The van der Waals surface area contributed by atoms with E-state index in [2.05, 4.69) is 25.3 Å². The summed E-state index contributed by atoms with van der Waals surface area (Å²) in [6.07, 6.45) is 2.50. The lowest BCUT2D eigenvalue weighted by Gasteiger charge is -2.20. The van der Waals surface area contributed by atoms with Gasteiger partial charge in [0.05, 0.1) is 25.6 Å². The lowest BCUT2D eigenvalue weighted by molar-refractivity contribution is 0.264. The summed E-state index contributed by atoms with van der Waals surface area (Å²) in [5, 5.41) is 38.7. The number of pyridine rings is 2. The van der Waals surface area contributed by atoms with Gasteiger partial charge in [-0.1, -0.05) is 0 Å². The van der Waals surface area contributed by atoms with Gasteiger partial charge in [-0.3, -0.25) is 10.8 Å². The quantitative estimate of drug-likeness (QED) is 0.0332. The number of nitrogens with two attached hydrogens (primary N) is 2. The summed E-state index contributed by atoms with van der Waals surface area (Å²) in [5.41, 5.74) is 11.2. The number of rotatable bonds is 18. The molecule has 0 fully saturated rings. The highest BCUT2D eigenvalue weighted by Gasteiger charge is 2.33. The fourth-order valence-electron chi connectivity index (χ4n) is 4.28. The maximum absolute atomic E-state index is 14.0. The second-order valence-electron chi connectivity index (χ2n) is 10.5. The highest BCUT2D eigenvalue weighted by Crippen LogP contribution is 2.48. The largest absolute Gasteiger partial charge is 0.490 e. The number of aryl methyl sites for hydroxylation is 1. The molecule has 0 saturated heterocycles. The summed E-state index contributed by atoms with van der Waals surface area (Å²) in [4.78, 5) is 7.77. The molecule has 4 rings (SSSR count). The van der Waals surface area contributed by atoms with Crippen molar-refractivity contribution >= 4 is 51.0 Å². The molecule has 0 bridgehead atoms. The summed E-state index contributed by atoms with van der Waals surface area (Å²) in [6, 6.07) is 12.4.